The van der Waals surface area contributed by atoms with Crippen molar-refractivity contribution in [2.75, 3.05) is 13.3 Å². The maximum absolute atomic E-state index is 11.8. The number of amides is 1. The molecule has 5 nitrogen and oxygen atoms in total. The first-order chi connectivity index (χ1) is 10.3. The molecule has 0 saturated carbocycles. The summed E-state index contributed by atoms with van der Waals surface area (Å²) in [5, 5.41) is 4.91. The Morgan fingerprint density at radius 3 is 3.05 bits per heavy atom. The van der Waals surface area contributed by atoms with Gasteiger partial charge >= 0.3 is 0 Å². The number of rotatable bonds is 6. The van der Waals surface area contributed by atoms with Crippen molar-refractivity contribution in [2.24, 2.45) is 0 Å². The van der Waals surface area contributed by atoms with Gasteiger partial charge in [-0.3, -0.25) is 4.79 Å². The number of benzene rings is 1. The lowest BCUT2D eigenvalue weighted by Crippen LogP contribution is -2.25. The highest BCUT2D eigenvalue weighted by molar-refractivity contribution is 7.07. The van der Waals surface area contributed by atoms with E-state index in [0.29, 0.717) is 19.4 Å². The molecule has 1 amide bonds. The molecule has 0 atom stereocenters. The van der Waals surface area contributed by atoms with E-state index in [1.807, 2.05) is 23.6 Å². The topological polar surface area (TPSA) is 60.5 Å². The van der Waals surface area contributed by atoms with E-state index in [4.69, 9.17) is 9.47 Å². The predicted octanol–water partition coefficient (Wildman–Crippen LogP) is 2.16. The van der Waals surface area contributed by atoms with Crippen LogP contribution < -0.4 is 14.8 Å². The third-order valence-electron chi connectivity index (χ3n) is 3.26. The Morgan fingerprint density at radius 1 is 1.29 bits per heavy atom. The zero-order chi connectivity index (χ0) is 14.5. The van der Waals surface area contributed by atoms with Crippen molar-refractivity contribution >= 4 is 17.2 Å². The lowest BCUT2D eigenvalue weighted by molar-refractivity contribution is -0.121. The minimum absolute atomic E-state index is 0.0582. The number of thiazole rings is 1. The number of carbonyl (C=O) groups excluding carboxylic acids is 1. The summed E-state index contributed by atoms with van der Waals surface area (Å²) < 4.78 is 10.6. The zero-order valence-corrected chi connectivity index (χ0v) is 12.3. The first-order valence-electron chi connectivity index (χ1n) is 6.83. The number of ether oxygens (including phenoxy) is 2. The first-order valence-corrected chi connectivity index (χ1v) is 7.78. The van der Waals surface area contributed by atoms with E-state index in [1.165, 1.54) is 0 Å². The molecule has 0 bridgehead atoms. The molecule has 2 aromatic rings. The van der Waals surface area contributed by atoms with Gasteiger partial charge in [0.2, 0.25) is 12.7 Å². The Kier molecular flexibility index (Phi) is 4.35. The van der Waals surface area contributed by atoms with Crippen molar-refractivity contribution in [3.05, 3.63) is 40.3 Å². The number of nitrogens with zero attached hydrogens (tertiary/aromatic N) is 1. The summed E-state index contributed by atoms with van der Waals surface area (Å²) in [4.78, 5) is 16.0. The van der Waals surface area contributed by atoms with Crippen LogP contribution >= 0.6 is 11.3 Å². The molecule has 0 radical (unpaired) electrons. The number of hydrogen-bond acceptors (Lipinski definition) is 5. The molecule has 0 spiro atoms. The summed E-state index contributed by atoms with van der Waals surface area (Å²) in [5.74, 6) is 1.59. The van der Waals surface area contributed by atoms with Gasteiger partial charge in [-0.1, -0.05) is 6.07 Å². The van der Waals surface area contributed by atoms with Crippen LogP contribution in [0.15, 0.2) is 29.1 Å². The number of aromatic nitrogens is 1. The maximum Gasteiger partial charge on any atom is 0.231 e. The van der Waals surface area contributed by atoms with Gasteiger partial charge < -0.3 is 14.8 Å². The van der Waals surface area contributed by atoms with Crippen LogP contribution in [0.4, 0.5) is 0 Å². The van der Waals surface area contributed by atoms with Crippen molar-refractivity contribution < 1.29 is 14.3 Å². The molecule has 1 aliphatic rings. The smallest absolute Gasteiger partial charge is 0.231 e. The molecule has 1 aromatic carbocycles. The van der Waals surface area contributed by atoms with Crippen molar-refractivity contribution in [1.29, 1.82) is 0 Å². The SMILES string of the molecule is O=C(CCc1ccc2c(c1)OCO2)NCCc1cscn1. The van der Waals surface area contributed by atoms with E-state index in [9.17, 15) is 4.79 Å². The molecule has 1 aliphatic heterocycles. The fraction of sp³-hybridized carbons (Fsp3) is 0.333. The Hall–Kier alpha value is -2.08. The van der Waals surface area contributed by atoms with Gasteiger partial charge in [-0.2, -0.15) is 0 Å². The average molecular weight is 304 g/mol. The summed E-state index contributed by atoms with van der Waals surface area (Å²) in [6.45, 7) is 0.902. The second-order valence-corrected chi connectivity index (χ2v) is 5.49. The molecule has 3 rings (SSSR count). The van der Waals surface area contributed by atoms with E-state index >= 15 is 0 Å². The van der Waals surface area contributed by atoms with Crippen LogP contribution in [0.25, 0.3) is 0 Å². The fourth-order valence-corrected chi connectivity index (χ4v) is 2.73. The van der Waals surface area contributed by atoms with Gasteiger partial charge in [-0.15, -0.1) is 11.3 Å². The van der Waals surface area contributed by atoms with E-state index in [0.717, 1.165) is 29.2 Å². The van der Waals surface area contributed by atoms with Crippen LogP contribution in [-0.2, 0) is 17.6 Å². The summed E-state index contributed by atoms with van der Waals surface area (Å²) in [7, 11) is 0. The minimum Gasteiger partial charge on any atom is -0.454 e. The van der Waals surface area contributed by atoms with Gasteiger partial charge in [0.15, 0.2) is 11.5 Å². The van der Waals surface area contributed by atoms with Crippen molar-refractivity contribution in [3.63, 3.8) is 0 Å². The van der Waals surface area contributed by atoms with E-state index < -0.39 is 0 Å². The Labute approximate surface area is 126 Å². The molecule has 21 heavy (non-hydrogen) atoms. The number of hydrogen-bond donors (Lipinski definition) is 1. The molecule has 0 aliphatic carbocycles. The van der Waals surface area contributed by atoms with Gasteiger partial charge in [0.1, 0.15) is 0 Å². The van der Waals surface area contributed by atoms with Crippen molar-refractivity contribution in [3.8, 4) is 11.5 Å². The quantitative estimate of drug-likeness (QED) is 0.888. The largest absolute Gasteiger partial charge is 0.454 e. The zero-order valence-electron chi connectivity index (χ0n) is 11.5. The highest BCUT2D eigenvalue weighted by Crippen LogP contribution is 2.32. The Balaban J connectivity index is 1.41. The molecule has 6 heteroatoms. The molecular weight excluding hydrogens is 288 g/mol. The van der Waals surface area contributed by atoms with E-state index in [-0.39, 0.29) is 12.7 Å². The van der Waals surface area contributed by atoms with Crippen molar-refractivity contribution in [2.45, 2.75) is 19.3 Å². The second-order valence-electron chi connectivity index (χ2n) is 4.77. The van der Waals surface area contributed by atoms with Crippen LogP contribution in [0.1, 0.15) is 17.7 Å². The number of nitrogens with one attached hydrogen (secondary N) is 1. The Bertz CT molecular complexity index is 613. The highest BCUT2D eigenvalue weighted by atomic mass is 32.1. The fourth-order valence-electron chi connectivity index (χ4n) is 2.13. The van der Waals surface area contributed by atoms with Crippen LogP contribution in [-0.4, -0.2) is 24.2 Å². The summed E-state index contributed by atoms with van der Waals surface area (Å²) in [6, 6.07) is 5.79. The summed E-state index contributed by atoms with van der Waals surface area (Å²) >= 11 is 1.57. The summed E-state index contributed by atoms with van der Waals surface area (Å²) in [5.41, 5.74) is 3.90. The third kappa shape index (κ3) is 3.72. The van der Waals surface area contributed by atoms with E-state index in [1.54, 1.807) is 16.8 Å². The molecule has 0 unspecified atom stereocenters. The third-order valence-corrected chi connectivity index (χ3v) is 3.90. The molecular formula is C15H16N2O3S. The Morgan fingerprint density at radius 2 is 2.19 bits per heavy atom. The molecule has 0 fully saturated rings. The summed E-state index contributed by atoms with van der Waals surface area (Å²) in [6.07, 6.45) is 1.94. The van der Waals surface area contributed by atoms with Crippen LogP contribution in [0.2, 0.25) is 0 Å². The van der Waals surface area contributed by atoms with Gasteiger partial charge in [-0.25, -0.2) is 4.98 Å². The van der Waals surface area contributed by atoms with Crippen LogP contribution in [0.3, 0.4) is 0 Å². The van der Waals surface area contributed by atoms with E-state index in [2.05, 4.69) is 10.3 Å². The van der Waals surface area contributed by atoms with Gasteiger partial charge in [0.05, 0.1) is 11.2 Å². The second kappa shape index (κ2) is 6.58. The standard InChI is InChI=1S/C15H16N2O3S/c18-15(16-6-5-12-8-21-9-17-12)4-2-11-1-3-13-14(7-11)20-10-19-13/h1,3,7-9H,2,4-6,10H2,(H,16,18). The molecule has 110 valence electrons. The number of carbonyl (C=O) groups is 1. The lowest BCUT2D eigenvalue weighted by Gasteiger charge is -2.05. The minimum atomic E-state index is 0.0582. The van der Waals surface area contributed by atoms with Gasteiger partial charge in [0, 0.05) is 24.8 Å². The normalized spacial score (nSPS) is 12.4. The highest BCUT2D eigenvalue weighted by Gasteiger charge is 2.13. The first kappa shape index (κ1) is 13.9. The van der Waals surface area contributed by atoms with Crippen LogP contribution in [0.5, 0.6) is 11.5 Å². The molecule has 0 saturated heterocycles. The number of fused-ring (bicyclic) bond motifs is 1. The maximum atomic E-state index is 11.8. The molecule has 1 N–H and O–H groups in total. The molecule has 2 heterocycles. The average Bonchev–Trinajstić information content (AvgIpc) is 3.15. The van der Waals surface area contributed by atoms with Crippen molar-refractivity contribution in [1.82, 2.24) is 10.3 Å². The predicted molar refractivity (Wildman–Crippen MR) is 79.7 cm³/mol. The molecule has 1 aromatic heterocycles. The van der Waals surface area contributed by atoms with Gasteiger partial charge in [0.25, 0.3) is 0 Å². The van der Waals surface area contributed by atoms with Gasteiger partial charge in [-0.05, 0) is 24.1 Å². The number of aryl methyl sites for hydroxylation is 1. The lowest BCUT2D eigenvalue weighted by atomic mass is 10.1. The van der Waals surface area contributed by atoms with Crippen LogP contribution in [0, 0.1) is 0 Å². The monoisotopic (exact) mass is 304 g/mol.